The van der Waals surface area contributed by atoms with Crippen molar-refractivity contribution in [3.8, 4) is 0 Å². The standard InChI is InChI=1S/C19H17FN4O2/c20-14-5-1-4-13(10-14)11-15-12-21-18(26-15)17-7-3-9-24(17)19(25)16-6-2-8-22-23-16/h1-2,4-6,8,10,12,17H,3,7,9,11H2/t17-/m0/s1. The summed E-state index contributed by atoms with van der Waals surface area (Å²) < 4.78 is 19.2. The maximum atomic E-state index is 13.3. The van der Waals surface area contributed by atoms with Crippen molar-refractivity contribution >= 4 is 5.91 Å². The van der Waals surface area contributed by atoms with Gasteiger partial charge in [0.2, 0.25) is 5.89 Å². The zero-order chi connectivity index (χ0) is 17.9. The summed E-state index contributed by atoms with van der Waals surface area (Å²) in [6.07, 6.45) is 5.29. The normalized spacial score (nSPS) is 16.8. The molecule has 0 spiro atoms. The van der Waals surface area contributed by atoms with Crippen LogP contribution in [0.5, 0.6) is 0 Å². The molecule has 1 fully saturated rings. The summed E-state index contributed by atoms with van der Waals surface area (Å²) in [4.78, 5) is 18.8. The van der Waals surface area contributed by atoms with Crippen LogP contribution in [0.3, 0.4) is 0 Å². The summed E-state index contributed by atoms with van der Waals surface area (Å²) in [7, 11) is 0. The minimum Gasteiger partial charge on any atom is -0.443 e. The number of hydrogen-bond donors (Lipinski definition) is 0. The molecule has 0 bridgehead atoms. The summed E-state index contributed by atoms with van der Waals surface area (Å²) in [6.45, 7) is 0.627. The summed E-state index contributed by atoms with van der Waals surface area (Å²) in [5.74, 6) is 0.694. The second-order valence-electron chi connectivity index (χ2n) is 6.24. The van der Waals surface area contributed by atoms with E-state index in [1.807, 2.05) is 6.07 Å². The Hall–Kier alpha value is -3.09. The Bertz CT molecular complexity index is 913. The average Bonchev–Trinajstić information content (AvgIpc) is 3.31. The molecule has 1 atom stereocenters. The second kappa shape index (κ2) is 7.03. The minimum atomic E-state index is -0.279. The van der Waals surface area contributed by atoms with E-state index in [0.29, 0.717) is 30.3 Å². The van der Waals surface area contributed by atoms with Gasteiger partial charge in [0.05, 0.1) is 6.20 Å². The molecule has 0 radical (unpaired) electrons. The number of rotatable bonds is 4. The Morgan fingerprint density at radius 2 is 2.23 bits per heavy atom. The minimum absolute atomic E-state index is 0.175. The fourth-order valence-corrected chi connectivity index (χ4v) is 3.24. The van der Waals surface area contributed by atoms with Crippen LogP contribution < -0.4 is 0 Å². The Labute approximate surface area is 149 Å². The number of amides is 1. The molecular weight excluding hydrogens is 335 g/mol. The average molecular weight is 352 g/mol. The molecule has 3 aromatic rings. The lowest BCUT2D eigenvalue weighted by Crippen LogP contribution is -2.31. The first-order valence-corrected chi connectivity index (χ1v) is 8.48. The van der Waals surface area contributed by atoms with Crippen LogP contribution in [0.4, 0.5) is 4.39 Å². The molecule has 7 heteroatoms. The highest BCUT2D eigenvalue weighted by Gasteiger charge is 2.34. The van der Waals surface area contributed by atoms with Gasteiger partial charge in [0, 0.05) is 19.2 Å². The van der Waals surface area contributed by atoms with Crippen molar-refractivity contribution in [3.05, 3.63) is 77.5 Å². The van der Waals surface area contributed by atoms with Gasteiger partial charge < -0.3 is 9.32 Å². The van der Waals surface area contributed by atoms with Crippen LogP contribution in [0.1, 0.15) is 46.6 Å². The van der Waals surface area contributed by atoms with Crippen molar-refractivity contribution < 1.29 is 13.6 Å². The van der Waals surface area contributed by atoms with Crippen molar-refractivity contribution in [1.82, 2.24) is 20.1 Å². The molecular formula is C19H17FN4O2. The molecule has 0 unspecified atom stereocenters. The van der Waals surface area contributed by atoms with Crippen molar-refractivity contribution in [2.75, 3.05) is 6.54 Å². The van der Waals surface area contributed by atoms with Gasteiger partial charge in [0.25, 0.3) is 5.91 Å². The van der Waals surface area contributed by atoms with E-state index in [2.05, 4.69) is 15.2 Å². The first kappa shape index (κ1) is 16.4. The first-order valence-electron chi connectivity index (χ1n) is 8.48. The van der Waals surface area contributed by atoms with Gasteiger partial charge in [-0.15, -0.1) is 5.10 Å². The van der Waals surface area contributed by atoms with Gasteiger partial charge in [-0.2, -0.15) is 5.10 Å². The van der Waals surface area contributed by atoms with Crippen LogP contribution in [0.25, 0.3) is 0 Å². The van der Waals surface area contributed by atoms with Crippen LogP contribution in [0.2, 0.25) is 0 Å². The predicted molar refractivity (Wildman–Crippen MR) is 90.8 cm³/mol. The molecule has 26 heavy (non-hydrogen) atoms. The SMILES string of the molecule is O=C(c1cccnn1)N1CCC[C@H]1c1ncc(Cc2cccc(F)c2)o1. The summed E-state index contributed by atoms with van der Waals surface area (Å²) >= 11 is 0. The Morgan fingerprint density at radius 3 is 3.04 bits per heavy atom. The molecule has 0 aliphatic carbocycles. The molecule has 0 saturated carbocycles. The number of carbonyl (C=O) groups excluding carboxylic acids is 1. The summed E-state index contributed by atoms with van der Waals surface area (Å²) in [6, 6.07) is 9.50. The quantitative estimate of drug-likeness (QED) is 0.721. The van der Waals surface area contributed by atoms with Crippen molar-refractivity contribution in [3.63, 3.8) is 0 Å². The molecule has 1 aliphatic heterocycles. The van der Waals surface area contributed by atoms with E-state index < -0.39 is 0 Å². The molecule has 132 valence electrons. The Kier molecular flexibility index (Phi) is 4.43. The molecule has 4 rings (SSSR count). The second-order valence-corrected chi connectivity index (χ2v) is 6.24. The number of halogens is 1. The molecule has 1 saturated heterocycles. The third-order valence-electron chi connectivity index (χ3n) is 4.43. The largest absolute Gasteiger partial charge is 0.443 e. The molecule has 1 amide bonds. The zero-order valence-electron chi connectivity index (χ0n) is 14.0. The fourth-order valence-electron chi connectivity index (χ4n) is 3.24. The van der Waals surface area contributed by atoms with Gasteiger partial charge in [0.1, 0.15) is 17.6 Å². The topological polar surface area (TPSA) is 72.1 Å². The lowest BCUT2D eigenvalue weighted by atomic mass is 10.1. The van der Waals surface area contributed by atoms with Crippen molar-refractivity contribution in [1.29, 1.82) is 0 Å². The van der Waals surface area contributed by atoms with Crippen LogP contribution in [-0.2, 0) is 6.42 Å². The molecule has 3 heterocycles. The fraction of sp³-hybridized carbons (Fsp3) is 0.263. The third kappa shape index (κ3) is 3.33. The van der Waals surface area contributed by atoms with E-state index in [9.17, 15) is 9.18 Å². The lowest BCUT2D eigenvalue weighted by molar-refractivity contribution is 0.0707. The highest BCUT2D eigenvalue weighted by atomic mass is 19.1. The Balaban J connectivity index is 1.52. The van der Waals surface area contributed by atoms with E-state index in [-0.39, 0.29) is 17.8 Å². The monoisotopic (exact) mass is 352 g/mol. The van der Waals surface area contributed by atoms with Crippen LogP contribution in [-0.4, -0.2) is 32.5 Å². The number of benzene rings is 1. The number of oxazole rings is 1. The highest BCUT2D eigenvalue weighted by molar-refractivity contribution is 5.92. The van der Waals surface area contributed by atoms with Crippen molar-refractivity contribution in [2.45, 2.75) is 25.3 Å². The number of aromatic nitrogens is 3. The molecule has 1 aromatic carbocycles. The number of hydrogen-bond acceptors (Lipinski definition) is 5. The van der Waals surface area contributed by atoms with E-state index in [4.69, 9.17) is 4.42 Å². The smallest absolute Gasteiger partial charge is 0.275 e. The summed E-state index contributed by atoms with van der Waals surface area (Å²) in [5, 5.41) is 7.66. The zero-order valence-corrected chi connectivity index (χ0v) is 14.0. The molecule has 2 aromatic heterocycles. The number of nitrogens with zero attached hydrogens (tertiary/aromatic N) is 4. The third-order valence-corrected chi connectivity index (χ3v) is 4.43. The maximum absolute atomic E-state index is 13.3. The first-order chi connectivity index (χ1) is 12.7. The van der Waals surface area contributed by atoms with E-state index in [0.717, 1.165) is 18.4 Å². The van der Waals surface area contributed by atoms with Crippen LogP contribution in [0, 0.1) is 5.82 Å². The lowest BCUT2D eigenvalue weighted by Gasteiger charge is -2.21. The van der Waals surface area contributed by atoms with Crippen LogP contribution >= 0.6 is 0 Å². The molecule has 0 N–H and O–H groups in total. The van der Waals surface area contributed by atoms with Gasteiger partial charge in [-0.3, -0.25) is 4.79 Å². The number of likely N-dealkylation sites (tertiary alicyclic amines) is 1. The van der Waals surface area contributed by atoms with Gasteiger partial charge >= 0.3 is 0 Å². The predicted octanol–water partition coefficient (Wildman–Crippen LogP) is 3.17. The molecule has 6 nitrogen and oxygen atoms in total. The van der Waals surface area contributed by atoms with Gasteiger partial charge in [-0.1, -0.05) is 12.1 Å². The summed E-state index contributed by atoms with van der Waals surface area (Å²) in [5.41, 5.74) is 1.12. The highest BCUT2D eigenvalue weighted by Crippen LogP contribution is 2.32. The number of carbonyl (C=O) groups is 1. The van der Waals surface area contributed by atoms with Crippen molar-refractivity contribution in [2.24, 2.45) is 0 Å². The maximum Gasteiger partial charge on any atom is 0.275 e. The Morgan fingerprint density at radius 1 is 1.31 bits per heavy atom. The van der Waals surface area contributed by atoms with E-state index >= 15 is 0 Å². The van der Waals surface area contributed by atoms with Crippen LogP contribution in [0.15, 0.2) is 53.2 Å². The van der Waals surface area contributed by atoms with E-state index in [1.54, 1.807) is 29.3 Å². The van der Waals surface area contributed by atoms with Gasteiger partial charge in [-0.25, -0.2) is 9.37 Å². The van der Waals surface area contributed by atoms with Gasteiger partial charge in [0.15, 0.2) is 5.69 Å². The molecule has 1 aliphatic rings. The van der Waals surface area contributed by atoms with E-state index in [1.165, 1.54) is 18.3 Å². The van der Waals surface area contributed by atoms with Gasteiger partial charge in [-0.05, 0) is 42.7 Å².